The van der Waals surface area contributed by atoms with Crippen molar-refractivity contribution in [2.45, 2.75) is 52.0 Å². The van der Waals surface area contributed by atoms with Gasteiger partial charge >= 0.3 is 11.8 Å². The molecule has 1 aliphatic rings. The van der Waals surface area contributed by atoms with E-state index in [1.54, 1.807) is 11.3 Å². The van der Waals surface area contributed by atoms with Crippen LogP contribution in [-0.2, 0) is 9.59 Å². The highest BCUT2D eigenvalue weighted by atomic mass is 32.1. The lowest BCUT2D eigenvalue weighted by atomic mass is 9.97. The van der Waals surface area contributed by atoms with Gasteiger partial charge in [-0.2, -0.15) is 5.10 Å². The number of thiophene rings is 1. The molecule has 7 heteroatoms. The van der Waals surface area contributed by atoms with Gasteiger partial charge in [-0.25, -0.2) is 0 Å². The third-order valence-electron chi connectivity index (χ3n) is 4.99. The van der Waals surface area contributed by atoms with Crippen molar-refractivity contribution in [3.05, 3.63) is 51.5 Å². The predicted octanol–water partition coefficient (Wildman–Crippen LogP) is 3.27. The molecule has 2 N–H and O–H groups in total. The van der Waals surface area contributed by atoms with Crippen molar-refractivity contribution in [2.75, 3.05) is 13.1 Å². The third-order valence-corrected chi connectivity index (χ3v) is 5.96. The lowest BCUT2D eigenvalue weighted by Crippen LogP contribution is -2.42. The molecule has 2 aromatic rings. The van der Waals surface area contributed by atoms with E-state index in [1.165, 1.54) is 18.4 Å². The lowest BCUT2D eigenvalue weighted by Gasteiger charge is -2.19. The van der Waals surface area contributed by atoms with Gasteiger partial charge in [0.25, 0.3) is 0 Å². The van der Waals surface area contributed by atoms with E-state index >= 15 is 0 Å². The third kappa shape index (κ3) is 5.32. The Morgan fingerprint density at radius 3 is 2.71 bits per heavy atom. The van der Waals surface area contributed by atoms with Crippen molar-refractivity contribution in [1.82, 2.24) is 20.4 Å². The summed E-state index contributed by atoms with van der Waals surface area (Å²) in [5, 5.41) is 12.1. The number of hydrogen-bond acceptors (Lipinski definition) is 4. The normalized spacial score (nSPS) is 15.0. The van der Waals surface area contributed by atoms with E-state index in [2.05, 4.69) is 21.8 Å². The van der Waals surface area contributed by atoms with E-state index in [1.807, 2.05) is 42.1 Å². The van der Waals surface area contributed by atoms with Gasteiger partial charge in [-0.15, -0.1) is 11.3 Å². The molecule has 2 amide bonds. The second-order valence-electron chi connectivity index (χ2n) is 7.23. The van der Waals surface area contributed by atoms with Crippen molar-refractivity contribution in [2.24, 2.45) is 0 Å². The quantitative estimate of drug-likeness (QED) is 0.553. The number of carbonyl (C=O) groups is 2. The molecule has 0 aliphatic heterocycles. The van der Waals surface area contributed by atoms with E-state index in [9.17, 15) is 9.59 Å². The molecule has 0 saturated heterocycles. The number of aryl methyl sites for hydroxylation is 2. The Hall–Kier alpha value is -2.41. The SMILES string of the molecule is Cc1cc(C)n([C@@H](CNC(=O)C(=O)NCCC2=CCCCC2)c2cccs2)n1. The Balaban J connectivity index is 1.54. The van der Waals surface area contributed by atoms with Gasteiger partial charge in [0.2, 0.25) is 0 Å². The van der Waals surface area contributed by atoms with E-state index in [4.69, 9.17) is 0 Å². The molecule has 0 aromatic carbocycles. The molecule has 6 nitrogen and oxygen atoms in total. The summed E-state index contributed by atoms with van der Waals surface area (Å²) < 4.78 is 1.91. The smallest absolute Gasteiger partial charge is 0.309 e. The van der Waals surface area contributed by atoms with Crippen LogP contribution >= 0.6 is 11.3 Å². The molecule has 1 atom stereocenters. The number of nitrogens with one attached hydrogen (secondary N) is 2. The molecule has 1 aliphatic carbocycles. The summed E-state index contributed by atoms with van der Waals surface area (Å²) in [4.78, 5) is 25.5. The maximum absolute atomic E-state index is 12.3. The Morgan fingerprint density at radius 2 is 2.07 bits per heavy atom. The van der Waals surface area contributed by atoms with Crippen molar-refractivity contribution in [3.63, 3.8) is 0 Å². The second kappa shape index (κ2) is 9.68. The highest BCUT2D eigenvalue weighted by Gasteiger charge is 2.21. The standard InChI is InChI=1S/C21H28N4O2S/c1-15-13-16(2)25(24-15)18(19-9-6-12-28-19)14-23-21(27)20(26)22-11-10-17-7-4-3-5-8-17/h6-7,9,12-13,18H,3-5,8,10-11,14H2,1-2H3,(H,22,26)(H,23,27)/t18-/m0/s1. The molecule has 2 aromatic heterocycles. The van der Waals surface area contributed by atoms with E-state index < -0.39 is 11.8 Å². The first kappa shape index (κ1) is 20.3. The molecule has 3 rings (SSSR count). The molecule has 28 heavy (non-hydrogen) atoms. The summed E-state index contributed by atoms with van der Waals surface area (Å²) in [6.45, 7) is 4.77. The minimum Gasteiger partial charge on any atom is -0.348 e. The Kier molecular flexibility index (Phi) is 7.03. The first-order valence-electron chi connectivity index (χ1n) is 9.84. The molecule has 150 valence electrons. The fourth-order valence-electron chi connectivity index (χ4n) is 3.57. The van der Waals surface area contributed by atoms with E-state index in [0.29, 0.717) is 13.1 Å². The maximum Gasteiger partial charge on any atom is 0.309 e. The van der Waals surface area contributed by atoms with Gasteiger partial charge in [-0.1, -0.05) is 17.7 Å². The van der Waals surface area contributed by atoms with Gasteiger partial charge < -0.3 is 10.6 Å². The molecule has 0 saturated carbocycles. The number of rotatable bonds is 7. The molecular formula is C21H28N4O2S. The molecule has 0 spiro atoms. The number of carbonyl (C=O) groups excluding carboxylic acids is 2. The zero-order valence-corrected chi connectivity index (χ0v) is 17.3. The Morgan fingerprint density at radius 1 is 1.25 bits per heavy atom. The topological polar surface area (TPSA) is 76.0 Å². The van der Waals surface area contributed by atoms with E-state index in [-0.39, 0.29) is 6.04 Å². The van der Waals surface area contributed by atoms with Crippen molar-refractivity contribution in [3.8, 4) is 0 Å². The fourth-order valence-corrected chi connectivity index (χ4v) is 4.38. The number of aromatic nitrogens is 2. The molecule has 2 heterocycles. The van der Waals surface area contributed by atoms with Crippen LogP contribution in [-0.4, -0.2) is 34.7 Å². The highest BCUT2D eigenvalue weighted by molar-refractivity contribution is 7.10. The first-order chi connectivity index (χ1) is 13.5. The maximum atomic E-state index is 12.3. The second-order valence-corrected chi connectivity index (χ2v) is 8.21. The molecule has 0 fully saturated rings. The van der Waals surface area contributed by atoms with Crippen LogP contribution in [0.5, 0.6) is 0 Å². The number of allylic oxidation sites excluding steroid dienone is 1. The molecular weight excluding hydrogens is 372 g/mol. The summed E-state index contributed by atoms with van der Waals surface area (Å²) in [7, 11) is 0. The summed E-state index contributed by atoms with van der Waals surface area (Å²) in [6.07, 6.45) is 7.78. The summed E-state index contributed by atoms with van der Waals surface area (Å²) in [5.74, 6) is -1.17. The molecule has 0 unspecified atom stereocenters. The Bertz CT molecular complexity index is 839. The van der Waals surface area contributed by atoms with Gasteiger partial charge in [0, 0.05) is 23.7 Å². The number of hydrogen-bond donors (Lipinski definition) is 2. The first-order valence-corrected chi connectivity index (χ1v) is 10.7. The number of amides is 2. The average Bonchev–Trinajstić information content (AvgIpc) is 3.33. The largest absolute Gasteiger partial charge is 0.348 e. The minimum absolute atomic E-state index is 0.127. The van der Waals surface area contributed by atoms with E-state index in [0.717, 1.165) is 35.5 Å². The van der Waals surface area contributed by atoms with Crippen LogP contribution in [0.1, 0.15) is 54.4 Å². The van der Waals surface area contributed by atoms with Gasteiger partial charge in [0.1, 0.15) is 6.04 Å². The molecule has 0 radical (unpaired) electrons. The predicted molar refractivity (Wildman–Crippen MR) is 111 cm³/mol. The van der Waals surface area contributed by atoms with Gasteiger partial charge in [0.05, 0.1) is 5.69 Å². The molecule has 0 bridgehead atoms. The van der Waals surface area contributed by atoms with Crippen LogP contribution in [0.3, 0.4) is 0 Å². The summed E-state index contributed by atoms with van der Waals surface area (Å²) in [5.41, 5.74) is 3.34. The van der Waals surface area contributed by atoms with Crippen molar-refractivity contribution in [1.29, 1.82) is 0 Å². The van der Waals surface area contributed by atoms with Crippen molar-refractivity contribution < 1.29 is 9.59 Å². The zero-order valence-electron chi connectivity index (χ0n) is 16.5. The van der Waals surface area contributed by atoms with Gasteiger partial charge in [-0.3, -0.25) is 14.3 Å². The van der Waals surface area contributed by atoms with Gasteiger partial charge in [-0.05, 0) is 63.5 Å². The number of nitrogens with zero attached hydrogens (tertiary/aromatic N) is 2. The summed E-state index contributed by atoms with van der Waals surface area (Å²) in [6, 6.07) is 5.89. The van der Waals surface area contributed by atoms with Gasteiger partial charge in [0.15, 0.2) is 0 Å². The summed E-state index contributed by atoms with van der Waals surface area (Å²) >= 11 is 1.61. The van der Waals surface area contributed by atoms with Crippen LogP contribution in [0.15, 0.2) is 35.2 Å². The van der Waals surface area contributed by atoms with Crippen LogP contribution in [0.2, 0.25) is 0 Å². The van der Waals surface area contributed by atoms with Crippen molar-refractivity contribution >= 4 is 23.2 Å². The average molecular weight is 401 g/mol. The monoisotopic (exact) mass is 400 g/mol. The van der Waals surface area contributed by atoms with Crippen LogP contribution in [0, 0.1) is 13.8 Å². The Labute approximate surface area is 170 Å². The zero-order chi connectivity index (χ0) is 19.9. The minimum atomic E-state index is -0.597. The highest BCUT2D eigenvalue weighted by Crippen LogP contribution is 2.24. The van der Waals surface area contributed by atoms with Crippen LogP contribution in [0.4, 0.5) is 0 Å². The fraction of sp³-hybridized carbons (Fsp3) is 0.476. The van der Waals surface area contributed by atoms with Crippen LogP contribution in [0.25, 0.3) is 0 Å². The van der Waals surface area contributed by atoms with Crippen LogP contribution < -0.4 is 10.6 Å². The lowest BCUT2D eigenvalue weighted by molar-refractivity contribution is -0.139.